The fraction of sp³-hybridized carbons (Fsp3) is 0.273. The van der Waals surface area contributed by atoms with Crippen molar-refractivity contribution in [3.63, 3.8) is 0 Å². The number of para-hydroxylation sites is 1. The van der Waals surface area contributed by atoms with Gasteiger partial charge in [0.05, 0.1) is 5.69 Å². The van der Waals surface area contributed by atoms with Crippen LogP contribution in [0.5, 0.6) is 0 Å². The highest BCUT2D eigenvalue weighted by molar-refractivity contribution is 6.38. The number of hydrogen-bond acceptors (Lipinski definition) is 3. The van der Waals surface area contributed by atoms with E-state index < -0.39 is 0 Å². The molecular formula is C11H14N2O. The Kier molecular flexibility index (Phi) is 3.85. The van der Waals surface area contributed by atoms with E-state index in [2.05, 4.69) is 10.5 Å². The third-order valence-corrected chi connectivity index (χ3v) is 1.84. The zero-order valence-corrected chi connectivity index (χ0v) is 8.45. The number of ketones is 1. The summed E-state index contributed by atoms with van der Waals surface area (Å²) in [7, 11) is 0. The number of nitrogens with one attached hydrogen (secondary N) is 1. The molecule has 0 amide bonds. The van der Waals surface area contributed by atoms with Gasteiger partial charge in [0.25, 0.3) is 0 Å². The molecule has 1 rings (SSSR count). The van der Waals surface area contributed by atoms with Gasteiger partial charge in [0.1, 0.15) is 5.71 Å². The second kappa shape index (κ2) is 5.17. The Morgan fingerprint density at radius 1 is 1.36 bits per heavy atom. The quantitative estimate of drug-likeness (QED) is 0.585. The second-order valence-electron chi connectivity index (χ2n) is 2.95. The molecule has 3 nitrogen and oxygen atoms in total. The van der Waals surface area contributed by atoms with Gasteiger partial charge in [0, 0.05) is 6.92 Å². The highest BCUT2D eigenvalue weighted by Gasteiger charge is 2.01. The number of hydrogen-bond donors (Lipinski definition) is 1. The number of Topliss-reactive ketones (excluding diaryl/α,β-unsaturated/α-hetero) is 1. The summed E-state index contributed by atoms with van der Waals surface area (Å²) in [5, 5.41) is 4.03. The topological polar surface area (TPSA) is 41.5 Å². The van der Waals surface area contributed by atoms with E-state index in [1.165, 1.54) is 6.92 Å². The first-order valence-electron chi connectivity index (χ1n) is 4.62. The molecule has 1 aromatic carbocycles. The molecule has 0 aliphatic carbocycles. The molecule has 0 atom stereocenters. The summed E-state index contributed by atoms with van der Waals surface area (Å²) in [4.78, 5) is 11.0. The van der Waals surface area contributed by atoms with Crippen molar-refractivity contribution in [1.29, 1.82) is 0 Å². The molecule has 0 aliphatic rings. The van der Waals surface area contributed by atoms with Crippen molar-refractivity contribution in [2.45, 2.75) is 20.3 Å². The predicted molar refractivity (Wildman–Crippen MR) is 58.5 cm³/mol. The number of anilines is 1. The van der Waals surface area contributed by atoms with Crippen molar-refractivity contribution < 1.29 is 4.79 Å². The fourth-order valence-electron chi connectivity index (χ4n) is 1.05. The molecule has 0 saturated carbocycles. The van der Waals surface area contributed by atoms with Crippen LogP contribution < -0.4 is 5.43 Å². The maximum atomic E-state index is 11.0. The smallest absolute Gasteiger partial charge is 0.175 e. The normalized spacial score (nSPS) is 11.1. The van der Waals surface area contributed by atoms with Gasteiger partial charge in [-0.2, -0.15) is 5.10 Å². The van der Waals surface area contributed by atoms with E-state index in [1.807, 2.05) is 37.3 Å². The molecule has 3 heteroatoms. The number of hydrazone groups is 1. The molecule has 1 aromatic rings. The average Bonchev–Trinajstić information content (AvgIpc) is 2.20. The summed E-state index contributed by atoms with van der Waals surface area (Å²) < 4.78 is 0. The molecular weight excluding hydrogens is 176 g/mol. The van der Waals surface area contributed by atoms with Crippen molar-refractivity contribution in [3.05, 3.63) is 30.3 Å². The van der Waals surface area contributed by atoms with E-state index in [0.717, 1.165) is 5.69 Å². The van der Waals surface area contributed by atoms with Crippen LogP contribution >= 0.6 is 0 Å². The van der Waals surface area contributed by atoms with E-state index in [9.17, 15) is 4.79 Å². The molecule has 74 valence electrons. The first kappa shape index (κ1) is 10.4. The fourth-order valence-corrected chi connectivity index (χ4v) is 1.05. The Hall–Kier alpha value is -1.64. The minimum absolute atomic E-state index is 0.0101. The van der Waals surface area contributed by atoms with Crippen LogP contribution in [-0.2, 0) is 4.79 Å². The molecule has 0 bridgehead atoms. The van der Waals surface area contributed by atoms with Gasteiger partial charge in [-0.25, -0.2) is 0 Å². The maximum Gasteiger partial charge on any atom is 0.175 e. The first-order valence-corrected chi connectivity index (χ1v) is 4.62. The Labute approximate surface area is 83.8 Å². The molecule has 0 saturated heterocycles. The van der Waals surface area contributed by atoms with E-state index >= 15 is 0 Å². The monoisotopic (exact) mass is 190 g/mol. The molecule has 0 radical (unpaired) electrons. The minimum atomic E-state index is 0.0101. The zero-order chi connectivity index (χ0) is 10.4. The van der Waals surface area contributed by atoms with Crippen molar-refractivity contribution >= 4 is 17.2 Å². The lowest BCUT2D eigenvalue weighted by atomic mass is 10.2. The third kappa shape index (κ3) is 3.01. The SMILES string of the molecule is CC/C(=N\Nc1ccccc1)C(C)=O. The summed E-state index contributed by atoms with van der Waals surface area (Å²) in [6, 6.07) is 9.56. The Morgan fingerprint density at radius 3 is 2.50 bits per heavy atom. The lowest BCUT2D eigenvalue weighted by molar-refractivity contribution is -0.111. The number of carbonyl (C=O) groups excluding carboxylic acids is 1. The van der Waals surface area contributed by atoms with Crippen LogP contribution in [0, 0.1) is 0 Å². The molecule has 0 unspecified atom stereocenters. The van der Waals surface area contributed by atoms with Crippen molar-refractivity contribution in [1.82, 2.24) is 0 Å². The molecule has 0 aliphatic heterocycles. The van der Waals surface area contributed by atoms with Crippen LogP contribution in [0.1, 0.15) is 20.3 Å². The van der Waals surface area contributed by atoms with Gasteiger partial charge in [-0.1, -0.05) is 25.1 Å². The standard InChI is InChI=1S/C11H14N2O/c1-3-11(9(2)14)13-12-10-7-5-4-6-8-10/h4-8,12H,3H2,1-2H3/b13-11+. The maximum absolute atomic E-state index is 11.0. The van der Waals surface area contributed by atoms with Crippen LogP contribution in [0.3, 0.4) is 0 Å². The van der Waals surface area contributed by atoms with Gasteiger partial charge in [0.2, 0.25) is 0 Å². The molecule has 0 fully saturated rings. The van der Waals surface area contributed by atoms with Crippen LogP contribution in [0.2, 0.25) is 0 Å². The van der Waals surface area contributed by atoms with Crippen molar-refractivity contribution in [2.75, 3.05) is 5.43 Å². The highest BCUT2D eigenvalue weighted by atomic mass is 16.1. The Balaban J connectivity index is 2.66. The summed E-state index contributed by atoms with van der Waals surface area (Å²) in [6.07, 6.45) is 0.648. The summed E-state index contributed by atoms with van der Waals surface area (Å²) in [5.41, 5.74) is 4.30. The molecule has 1 N–H and O–H groups in total. The van der Waals surface area contributed by atoms with Gasteiger partial charge in [-0.3, -0.25) is 10.2 Å². The summed E-state index contributed by atoms with van der Waals surface area (Å²) in [6.45, 7) is 3.43. The predicted octanol–water partition coefficient (Wildman–Crippen LogP) is 2.45. The van der Waals surface area contributed by atoms with Gasteiger partial charge in [0.15, 0.2) is 5.78 Å². The molecule has 0 spiro atoms. The number of nitrogens with zero attached hydrogens (tertiary/aromatic N) is 1. The molecule has 0 aromatic heterocycles. The Bertz CT molecular complexity index is 330. The van der Waals surface area contributed by atoms with E-state index in [0.29, 0.717) is 12.1 Å². The van der Waals surface area contributed by atoms with Gasteiger partial charge in [-0.05, 0) is 18.6 Å². The van der Waals surface area contributed by atoms with E-state index in [-0.39, 0.29) is 5.78 Å². The van der Waals surface area contributed by atoms with E-state index in [4.69, 9.17) is 0 Å². The third-order valence-electron chi connectivity index (χ3n) is 1.84. The lowest BCUT2D eigenvalue weighted by Gasteiger charge is -2.01. The van der Waals surface area contributed by atoms with Crippen LogP contribution in [0.15, 0.2) is 35.4 Å². The van der Waals surface area contributed by atoms with Gasteiger partial charge < -0.3 is 0 Å². The van der Waals surface area contributed by atoms with Crippen LogP contribution in [-0.4, -0.2) is 11.5 Å². The number of benzene rings is 1. The molecule has 0 heterocycles. The average molecular weight is 190 g/mol. The lowest BCUT2D eigenvalue weighted by Crippen LogP contribution is -2.10. The first-order chi connectivity index (χ1) is 6.74. The van der Waals surface area contributed by atoms with Crippen molar-refractivity contribution in [3.8, 4) is 0 Å². The Morgan fingerprint density at radius 2 is 2.00 bits per heavy atom. The number of carbonyl (C=O) groups is 1. The van der Waals surface area contributed by atoms with Gasteiger partial charge >= 0.3 is 0 Å². The van der Waals surface area contributed by atoms with Gasteiger partial charge in [-0.15, -0.1) is 0 Å². The van der Waals surface area contributed by atoms with E-state index in [1.54, 1.807) is 0 Å². The second-order valence-corrected chi connectivity index (χ2v) is 2.95. The van der Waals surface area contributed by atoms with Crippen molar-refractivity contribution in [2.24, 2.45) is 5.10 Å². The zero-order valence-electron chi connectivity index (χ0n) is 8.45. The molecule has 14 heavy (non-hydrogen) atoms. The van der Waals surface area contributed by atoms with Crippen LogP contribution in [0.4, 0.5) is 5.69 Å². The largest absolute Gasteiger partial charge is 0.293 e. The summed E-state index contributed by atoms with van der Waals surface area (Å²) >= 11 is 0. The highest BCUT2D eigenvalue weighted by Crippen LogP contribution is 2.04. The minimum Gasteiger partial charge on any atom is -0.293 e. The summed E-state index contributed by atoms with van der Waals surface area (Å²) in [5.74, 6) is 0.0101. The number of rotatable bonds is 4. The van der Waals surface area contributed by atoms with Crippen LogP contribution in [0.25, 0.3) is 0 Å².